The van der Waals surface area contributed by atoms with Gasteiger partial charge in [0.25, 0.3) is 5.91 Å². The first-order valence-corrected chi connectivity index (χ1v) is 10.8. The molecule has 0 radical (unpaired) electrons. The molecule has 0 aliphatic carbocycles. The van der Waals surface area contributed by atoms with Crippen molar-refractivity contribution in [3.05, 3.63) is 70.2 Å². The number of carbonyl (C=O) groups is 1. The van der Waals surface area contributed by atoms with Gasteiger partial charge in [0, 0.05) is 42.1 Å². The van der Waals surface area contributed by atoms with E-state index in [4.69, 9.17) is 28.8 Å². The number of nitrogens with zero attached hydrogens (tertiary/aromatic N) is 3. The highest BCUT2D eigenvalue weighted by molar-refractivity contribution is 7.82. The van der Waals surface area contributed by atoms with Crippen LogP contribution in [0.1, 0.15) is 41.3 Å². The van der Waals surface area contributed by atoms with Crippen molar-refractivity contribution in [2.45, 2.75) is 32.4 Å². The maximum atomic E-state index is 13.7. The number of amides is 1. The van der Waals surface area contributed by atoms with Gasteiger partial charge in [-0.3, -0.25) is 14.7 Å². The molecule has 0 aromatic heterocycles. The average Bonchev–Trinajstić information content (AvgIpc) is 3.01. The summed E-state index contributed by atoms with van der Waals surface area (Å²) in [5.74, 6) is -0.0641. The fourth-order valence-corrected chi connectivity index (χ4v) is 4.72. The largest absolute Gasteiger partial charge is 0.303 e. The molecule has 1 fully saturated rings. The van der Waals surface area contributed by atoms with E-state index in [0.29, 0.717) is 21.3 Å². The molecule has 2 aromatic carbocycles. The summed E-state index contributed by atoms with van der Waals surface area (Å²) >= 11 is 11.9. The lowest BCUT2D eigenvalue weighted by Crippen LogP contribution is -2.55. The zero-order chi connectivity index (χ0) is 20.6. The molecule has 0 atom stereocenters. The van der Waals surface area contributed by atoms with Gasteiger partial charge in [-0.2, -0.15) is 0 Å². The highest BCUT2D eigenvalue weighted by Crippen LogP contribution is 2.38. The molecule has 150 valence electrons. The number of aliphatic imine (C=N–C) groups is 1. The van der Waals surface area contributed by atoms with Crippen molar-refractivity contribution >= 4 is 40.4 Å². The van der Waals surface area contributed by atoms with E-state index in [1.807, 2.05) is 55.5 Å². The van der Waals surface area contributed by atoms with Gasteiger partial charge in [0.1, 0.15) is 16.4 Å². The van der Waals surface area contributed by atoms with Crippen LogP contribution in [-0.2, 0) is 0 Å². The Labute approximate surface area is 182 Å². The van der Waals surface area contributed by atoms with Gasteiger partial charge in [0.15, 0.2) is 0 Å². The normalized spacial score (nSPS) is 18.9. The summed E-state index contributed by atoms with van der Waals surface area (Å²) in [7, 11) is 0. The number of halogens is 1. The number of likely N-dealkylation sites (tertiary alicyclic amines) is 1. The molecule has 1 spiro atoms. The van der Waals surface area contributed by atoms with Crippen LogP contribution in [0.25, 0.3) is 0 Å². The summed E-state index contributed by atoms with van der Waals surface area (Å²) in [5.41, 5.74) is 2.62. The van der Waals surface area contributed by atoms with Gasteiger partial charge >= 0.3 is 0 Å². The molecule has 4 rings (SSSR count). The summed E-state index contributed by atoms with van der Waals surface area (Å²) in [6, 6.07) is 15.2. The van der Waals surface area contributed by atoms with Gasteiger partial charge in [-0.05, 0) is 37.2 Å². The van der Waals surface area contributed by atoms with E-state index in [0.717, 1.165) is 43.6 Å². The summed E-state index contributed by atoms with van der Waals surface area (Å²) in [6.07, 6.45) is 1.55. The van der Waals surface area contributed by atoms with Crippen molar-refractivity contribution < 1.29 is 4.79 Å². The van der Waals surface area contributed by atoms with Crippen molar-refractivity contribution in [2.75, 3.05) is 19.6 Å². The maximum absolute atomic E-state index is 13.7. The van der Waals surface area contributed by atoms with Crippen LogP contribution in [-0.4, -0.2) is 51.7 Å². The molecule has 0 N–H and O–H groups in total. The van der Waals surface area contributed by atoms with E-state index in [9.17, 15) is 4.79 Å². The van der Waals surface area contributed by atoms with Crippen molar-refractivity contribution in [1.82, 2.24) is 9.80 Å². The fourth-order valence-electron chi connectivity index (χ4n) is 4.17. The first-order chi connectivity index (χ1) is 13.9. The number of benzene rings is 2. The number of carbonyl (C=O) groups excluding carboxylic acids is 1. The molecule has 2 heterocycles. The minimum Gasteiger partial charge on any atom is -0.303 e. The molecular weight excluding hydrogens is 402 g/mol. The van der Waals surface area contributed by atoms with Crippen molar-refractivity contribution in [1.29, 1.82) is 0 Å². The summed E-state index contributed by atoms with van der Waals surface area (Å²) in [5, 5.41) is 0.664. The van der Waals surface area contributed by atoms with Gasteiger partial charge in [-0.15, -0.1) is 0 Å². The first-order valence-electron chi connectivity index (χ1n) is 9.98. The highest BCUT2D eigenvalue weighted by atomic mass is 35.5. The minimum atomic E-state index is -0.614. The van der Waals surface area contributed by atoms with Crippen molar-refractivity contribution in [3.8, 4) is 0 Å². The Morgan fingerprint density at radius 2 is 1.79 bits per heavy atom. The Balaban J connectivity index is 1.77. The van der Waals surface area contributed by atoms with E-state index in [-0.39, 0.29) is 5.91 Å². The van der Waals surface area contributed by atoms with Crippen LogP contribution < -0.4 is 0 Å². The van der Waals surface area contributed by atoms with Gasteiger partial charge in [-0.1, -0.05) is 61.1 Å². The maximum Gasteiger partial charge on any atom is 0.261 e. The number of hydrogen-bond acceptors (Lipinski definition) is 4. The number of hydrogen-bond donors (Lipinski definition) is 0. The number of piperidine rings is 1. The lowest BCUT2D eigenvalue weighted by Gasteiger charge is -2.42. The number of rotatable bonds is 3. The summed E-state index contributed by atoms with van der Waals surface area (Å²) in [4.78, 5) is 23.4. The van der Waals surface area contributed by atoms with Crippen LogP contribution in [0, 0.1) is 6.92 Å². The molecule has 0 bridgehead atoms. The standard InChI is InChI=1S/C23H24ClN3OS/c1-3-26-14-12-23(13-15-26)25-20(17-8-10-18(24)11-9-17)22(29)27(23)21(28)19-7-5-4-6-16(19)2/h4-11H,3,12-15H2,1-2H3. The third-order valence-electron chi connectivity index (χ3n) is 5.94. The molecule has 6 heteroatoms. The quantitative estimate of drug-likeness (QED) is 0.667. The molecule has 2 aliphatic heterocycles. The van der Waals surface area contributed by atoms with Crippen LogP contribution in [0.2, 0.25) is 5.02 Å². The third-order valence-corrected chi connectivity index (χ3v) is 6.57. The molecule has 4 nitrogen and oxygen atoms in total. The van der Waals surface area contributed by atoms with Crippen LogP contribution in [0.4, 0.5) is 0 Å². The lowest BCUT2D eigenvalue weighted by atomic mass is 9.95. The van der Waals surface area contributed by atoms with E-state index in [1.165, 1.54) is 0 Å². The van der Waals surface area contributed by atoms with Crippen molar-refractivity contribution in [2.24, 2.45) is 4.99 Å². The molecular formula is C23H24ClN3OS. The molecule has 1 saturated heterocycles. The summed E-state index contributed by atoms with van der Waals surface area (Å²) in [6.45, 7) is 6.91. The molecule has 2 aromatic rings. The van der Waals surface area contributed by atoms with Gasteiger partial charge in [-0.25, -0.2) is 0 Å². The van der Waals surface area contributed by atoms with Crippen LogP contribution in [0.15, 0.2) is 53.5 Å². The predicted octanol–water partition coefficient (Wildman–Crippen LogP) is 4.73. The Hall–Kier alpha value is -2.08. The second kappa shape index (κ2) is 7.98. The van der Waals surface area contributed by atoms with E-state index < -0.39 is 5.66 Å². The zero-order valence-electron chi connectivity index (χ0n) is 16.7. The first kappa shape index (κ1) is 20.2. The van der Waals surface area contributed by atoms with E-state index in [1.54, 1.807) is 4.90 Å². The SMILES string of the molecule is CCN1CCC2(CC1)N=C(c1ccc(Cl)cc1)C(=S)N2C(=O)c1ccccc1C. The van der Waals surface area contributed by atoms with Gasteiger partial charge in [0.05, 0.1) is 0 Å². The number of aryl methyl sites for hydroxylation is 1. The van der Waals surface area contributed by atoms with Crippen LogP contribution >= 0.6 is 23.8 Å². The monoisotopic (exact) mass is 425 g/mol. The minimum absolute atomic E-state index is 0.0641. The zero-order valence-corrected chi connectivity index (χ0v) is 18.3. The second-order valence-corrected chi connectivity index (χ2v) is 8.47. The van der Waals surface area contributed by atoms with Crippen molar-refractivity contribution in [3.63, 3.8) is 0 Å². The highest BCUT2D eigenvalue weighted by Gasteiger charge is 2.50. The lowest BCUT2D eigenvalue weighted by molar-refractivity contribution is 0.0544. The van der Waals surface area contributed by atoms with Crippen LogP contribution in [0.5, 0.6) is 0 Å². The molecule has 2 aliphatic rings. The van der Waals surface area contributed by atoms with E-state index in [2.05, 4.69) is 11.8 Å². The Kier molecular flexibility index (Phi) is 5.56. The van der Waals surface area contributed by atoms with Crippen LogP contribution in [0.3, 0.4) is 0 Å². The third kappa shape index (κ3) is 3.63. The smallest absolute Gasteiger partial charge is 0.261 e. The molecule has 29 heavy (non-hydrogen) atoms. The second-order valence-electron chi connectivity index (χ2n) is 7.64. The van der Waals surface area contributed by atoms with Gasteiger partial charge in [0.2, 0.25) is 0 Å². The van der Waals surface area contributed by atoms with E-state index >= 15 is 0 Å². The molecule has 0 unspecified atom stereocenters. The fraction of sp³-hybridized carbons (Fsp3) is 0.348. The Bertz CT molecular complexity index is 978. The van der Waals surface area contributed by atoms with Gasteiger partial charge < -0.3 is 4.90 Å². The summed E-state index contributed by atoms with van der Waals surface area (Å²) < 4.78 is 0. The number of thiocarbonyl (C=S) groups is 1. The Morgan fingerprint density at radius 1 is 1.14 bits per heavy atom. The predicted molar refractivity (Wildman–Crippen MR) is 122 cm³/mol. The topological polar surface area (TPSA) is 35.9 Å². The molecule has 0 saturated carbocycles. The Morgan fingerprint density at radius 3 is 2.41 bits per heavy atom. The molecule has 1 amide bonds. The average molecular weight is 426 g/mol.